The minimum Gasteiger partial charge on any atom is -0.390 e. The van der Waals surface area contributed by atoms with Crippen LogP contribution in [0.4, 0.5) is 0 Å². The fourth-order valence-electron chi connectivity index (χ4n) is 5.10. The zero-order chi connectivity index (χ0) is 13.9. The van der Waals surface area contributed by atoms with E-state index >= 15 is 0 Å². The fraction of sp³-hybridized carbons (Fsp3) is 0.933. The van der Waals surface area contributed by atoms with Crippen LogP contribution in [-0.2, 0) is 4.79 Å². The lowest BCUT2D eigenvalue weighted by Crippen LogP contribution is -2.68. The smallest absolute Gasteiger partial charge is 0.254 e. The Kier molecular flexibility index (Phi) is 3.05. The van der Waals surface area contributed by atoms with Gasteiger partial charge in [-0.2, -0.15) is 0 Å². The summed E-state index contributed by atoms with van der Waals surface area (Å²) >= 11 is 0. The molecule has 4 aliphatic rings. The van der Waals surface area contributed by atoms with E-state index in [0.717, 1.165) is 13.1 Å². The molecule has 4 rings (SSSR count). The van der Waals surface area contributed by atoms with Crippen molar-refractivity contribution in [3.8, 4) is 0 Å². The molecular weight excluding hydrogens is 256 g/mol. The van der Waals surface area contributed by atoms with E-state index in [9.17, 15) is 15.0 Å². The maximum atomic E-state index is 12.3. The third kappa shape index (κ3) is 1.83. The first kappa shape index (κ1) is 13.0. The van der Waals surface area contributed by atoms with Gasteiger partial charge in [-0.1, -0.05) is 6.42 Å². The Morgan fingerprint density at radius 2 is 1.80 bits per heavy atom. The molecule has 0 aliphatic carbocycles. The van der Waals surface area contributed by atoms with Crippen LogP contribution < -0.4 is 0 Å². The Hall–Kier alpha value is -0.650. The van der Waals surface area contributed by atoms with Gasteiger partial charge in [-0.3, -0.25) is 9.69 Å². The highest BCUT2D eigenvalue weighted by Crippen LogP contribution is 2.43. The Balaban J connectivity index is 1.60. The van der Waals surface area contributed by atoms with Crippen molar-refractivity contribution >= 4 is 5.91 Å². The number of piperidine rings is 4. The fourth-order valence-corrected chi connectivity index (χ4v) is 5.10. The standard InChI is InChI=1S/C15H24N2O3/c18-13-6-12-9-5-10(8-17(12)15(20)14(13)19)11-3-1-2-4-16(11)7-9/h9-14,18-19H,1-8H2/t9-,10-,11-,12+,13+,14-/m0/s1. The first-order valence-corrected chi connectivity index (χ1v) is 8.06. The molecule has 4 fully saturated rings. The van der Waals surface area contributed by atoms with Crippen molar-refractivity contribution < 1.29 is 15.0 Å². The number of aliphatic hydroxyl groups excluding tert-OH is 2. The molecule has 0 aromatic carbocycles. The zero-order valence-corrected chi connectivity index (χ0v) is 11.8. The summed E-state index contributed by atoms with van der Waals surface area (Å²) in [6.45, 7) is 3.05. The minimum atomic E-state index is -1.20. The molecule has 0 unspecified atom stereocenters. The predicted molar refractivity (Wildman–Crippen MR) is 72.9 cm³/mol. The van der Waals surface area contributed by atoms with E-state index in [4.69, 9.17) is 0 Å². The zero-order valence-electron chi connectivity index (χ0n) is 11.8. The molecule has 0 aromatic heterocycles. The van der Waals surface area contributed by atoms with Gasteiger partial charge in [-0.05, 0) is 44.1 Å². The van der Waals surface area contributed by atoms with Gasteiger partial charge in [0, 0.05) is 25.2 Å². The Labute approximate surface area is 119 Å². The number of aliphatic hydroxyl groups is 2. The van der Waals surface area contributed by atoms with E-state index in [2.05, 4.69) is 4.90 Å². The Morgan fingerprint density at radius 3 is 2.65 bits per heavy atom. The second kappa shape index (κ2) is 4.68. The van der Waals surface area contributed by atoms with Gasteiger partial charge >= 0.3 is 0 Å². The molecule has 1 amide bonds. The lowest BCUT2D eigenvalue weighted by atomic mass is 9.70. The molecule has 2 N–H and O–H groups in total. The van der Waals surface area contributed by atoms with Gasteiger partial charge in [-0.25, -0.2) is 0 Å². The molecule has 0 spiro atoms. The summed E-state index contributed by atoms with van der Waals surface area (Å²) in [7, 11) is 0. The molecule has 4 heterocycles. The maximum Gasteiger partial charge on any atom is 0.254 e. The van der Waals surface area contributed by atoms with E-state index in [1.165, 1.54) is 32.2 Å². The quantitative estimate of drug-likeness (QED) is 0.646. The van der Waals surface area contributed by atoms with Crippen molar-refractivity contribution in [1.29, 1.82) is 0 Å². The van der Waals surface area contributed by atoms with Crippen LogP contribution in [0.25, 0.3) is 0 Å². The summed E-state index contributed by atoms with van der Waals surface area (Å²) in [5, 5.41) is 19.7. The number of hydrogen-bond acceptors (Lipinski definition) is 4. The van der Waals surface area contributed by atoms with Crippen molar-refractivity contribution in [3.63, 3.8) is 0 Å². The average Bonchev–Trinajstić information content (AvgIpc) is 2.47. The van der Waals surface area contributed by atoms with Gasteiger partial charge in [0.25, 0.3) is 5.91 Å². The average molecular weight is 280 g/mol. The molecule has 0 aromatic rings. The third-order valence-corrected chi connectivity index (χ3v) is 6.04. The van der Waals surface area contributed by atoms with Crippen molar-refractivity contribution in [2.75, 3.05) is 19.6 Å². The Bertz CT molecular complexity index is 416. The molecule has 5 nitrogen and oxygen atoms in total. The van der Waals surface area contributed by atoms with Crippen LogP contribution >= 0.6 is 0 Å². The third-order valence-electron chi connectivity index (χ3n) is 6.04. The molecule has 6 atom stereocenters. The van der Waals surface area contributed by atoms with Crippen LogP contribution in [0, 0.1) is 11.8 Å². The summed E-state index contributed by atoms with van der Waals surface area (Å²) in [5.41, 5.74) is 0. The second-order valence-corrected chi connectivity index (χ2v) is 7.12. The first-order valence-electron chi connectivity index (χ1n) is 8.06. The van der Waals surface area contributed by atoms with Crippen LogP contribution in [0.1, 0.15) is 32.1 Å². The van der Waals surface area contributed by atoms with Gasteiger partial charge in [0.1, 0.15) is 0 Å². The molecule has 5 heteroatoms. The number of nitrogens with zero attached hydrogens (tertiary/aromatic N) is 2. The number of carbonyl (C=O) groups is 1. The van der Waals surface area contributed by atoms with E-state index in [-0.39, 0.29) is 11.9 Å². The monoisotopic (exact) mass is 280 g/mol. The normalized spacial score (nSPS) is 48.7. The van der Waals surface area contributed by atoms with Crippen LogP contribution in [0.2, 0.25) is 0 Å². The van der Waals surface area contributed by atoms with Gasteiger partial charge in [0.15, 0.2) is 6.10 Å². The number of hydrogen-bond donors (Lipinski definition) is 2. The van der Waals surface area contributed by atoms with Gasteiger partial charge in [0.2, 0.25) is 0 Å². The van der Waals surface area contributed by atoms with Crippen molar-refractivity contribution in [3.05, 3.63) is 0 Å². The molecule has 4 saturated heterocycles. The SMILES string of the molecule is O=C1[C@@H](O)[C@H](O)C[C@@H]2[C@H]3C[C@@H](CN12)[C@@H]1CCCCN1C3. The van der Waals surface area contributed by atoms with Crippen molar-refractivity contribution in [1.82, 2.24) is 9.80 Å². The van der Waals surface area contributed by atoms with E-state index in [1.54, 1.807) is 0 Å². The lowest BCUT2D eigenvalue weighted by Gasteiger charge is -2.57. The topological polar surface area (TPSA) is 64.0 Å². The first-order chi connectivity index (χ1) is 9.65. The van der Waals surface area contributed by atoms with E-state index in [0.29, 0.717) is 24.3 Å². The van der Waals surface area contributed by atoms with Gasteiger partial charge < -0.3 is 15.1 Å². The Morgan fingerprint density at radius 1 is 1.00 bits per heavy atom. The van der Waals surface area contributed by atoms with E-state index < -0.39 is 12.2 Å². The number of amides is 1. The highest BCUT2D eigenvalue weighted by Gasteiger charge is 2.51. The van der Waals surface area contributed by atoms with E-state index in [1.807, 2.05) is 4.90 Å². The minimum absolute atomic E-state index is 0.139. The largest absolute Gasteiger partial charge is 0.390 e. The summed E-state index contributed by atoms with van der Waals surface area (Å²) < 4.78 is 0. The summed E-state index contributed by atoms with van der Waals surface area (Å²) in [6.07, 6.45) is 3.52. The molecule has 4 aliphatic heterocycles. The van der Waals surface area contributed by atoms with Crippen LogP contribution in [0.15, 0.2) is 0 Å². The van der Waals surface area contributed by atoms with Crippen LogP contribution in [-0.4, -0.2) is 69.8 Å². The van der Waals surface area contributed by atoms with Gasteiger partial charge in [-0.15, -0.1) is 0 Å². The predicted octanol–water partition coefficient (Wildman–Crippen LogP) is -0.187. The summed E-state index contributed by atoms with van der Waals surface area (Å²) in [6, 6.07) is 0.776. The molecule has 112 valence electrons. The molecule has 0 radical (unpaired) electrons. The van der Waals surface area contributed by atoms with Crippen LogP contribution in [0.3, 0.4) is 0 Å². The maximum absolute atomic E-state index is 12.3. The highest BCUT2D eigenvalue weighted by molar-refractivity contribution is 5.82. The lowest BCUT2D eigenvalue weighted by molar-refractivity contribution is -0.172. The molecule has 20 heavy (non-hydrogen) atoms. The number of fused-ring (bicyclic) bond motifs is 6. The number of carbonyl (C=O) groups excluding carboxylic acids is 1. The second-order valence-electron chi connectivity index (χ2n) is 7.12. The molecular formula is C15H24N2O3. The van der Waals surface area contributed by atoms with Crippen molar-refractivity contribution in [2.45, 2.75) is 56.4 Å². The summed E-state index contributed by atoms with van der Waals surface area (Å²) in [5.74, 6) is 0.804. The highest BCUT2D eigenvalue weighted by atomic mass is 16.3. The van der Waals surface area contributed by atoms with Gasteiger partial charge in [0.05, 0.1) is 6.10 Å². The molecule has 2 bridgehead atoms. The molecule has 0 saturated carbocycles. The summed E-state index contributed by atoms with van der Waals surface area (Å²) in [4.78, 5) is 16.8. The van der Waals surface area contributed by atoms with Crippen LogP contribution in [0.5, 0.6) is 0 Å². The number of rotatable bonds is 0. The van der Waals surface area contributed by atoms with Crippen molar-refractivity contribution in [2.24, 2.45) is 11.8 Å².